The topological polar surface area (TPSA) is 72.0 Å². The number of hydrogen-bond acceptors (Lipinski definition) is 5. The minimum atomic E-state index is -3.71. The van der Waals surface area contributed by atoms with Gasteiger partial charge in [-0.1, -0.05) is 42.9 Å². The third kappa shape index (κ3) is 3.11. The maximum absolute atomic E-state index is 12.3. The van der Waals surface area contributed by atoms with Crippen molar-refractivity contribution in [2.45, 2.75) is 31.6 Å². The highest BCUT2D eigenvalue weighted by molar-refractivity contribution is 7.93. The lowest BCUT2D eigenvalue weighted by Crippen LogP contribution is -2.14. The van der Waals surface area contributed by atoms with Crippen LogP contribution in [0.4, 0.5) is 5.13 Å². The molecule has 5 nitrogen and oxygen atoms in total. The second-order valence-corrected chi connectivity index (χ2v) is 7.64. The lowest BCUT2D eigenvalue weighted by molar-refractivity contribution is 0.600. The second kappa shape index (κ2) is 5.67. The summed E-state index contributed by atoms with van der Waals surface area (Å²) in [5.41, 5.74) is 0.510. The molecule has 1 aromatic heterocycles. The number of halogens is 1. The van der Waals surface area contributed by atoms with Gasteiger partial charge in [-0.25, -0.2) is 8.42 Å². The largest absolute Gasteiger partial charge is 0.264 e. The van der Waals surface area contributed by atoms with Crippen molar-refractivity contribution in [1.82, 2.24) is 10.2 Å². The zero-order chi connectivity index (χ0) is 14.9. The predicted molar refractivity (Wildman–Crippen MR) is 81.0 cm³/mol. The summed E-state index contributed by atoms with van der Waals surface area (Å²) in [5, 5.41) is 9.25. The summed E-state index contributed by atoms with van der Waals surface area (Å²) in [7, 11) is -3.71. The Labute approximate surface area is 127 Å². The van der Waals surface area contributed by atoms with Crippen LogP contribution in [0.15, 0.2) is 23.1 Å². The summed E-state index contributed by atoms with van der Waals surface area (Å²) in [4.78, 5) is 0.145. The lowest BCUT2D eigenvalue weighted by atomic mass is 10.2. The Hall–Kier alpha value is -1.18. The van der Waals surface area contributed by atoms with E-state index in [4.69, 9.17) is 11.6 Å². The van der Waals surface area contributed by atoms with Crippen LogP contribution >= 0.6 is 22.9 Å². The molecule has 0 fully saturated rings. The summed E-state index contributed by atoms with van der Waals surface area (Å²) in [6.45, 7) is 5.61. The first-order valence-electron chi connectivity index (χ1n) is 5.92. The van der Waals surface area contributed by atoms with Crippen LogP contribution in [0.2, 0.25) is 5.02 Å². The summed E-state index contributed by atoms with van der Waals surface area (Å²) in [5.74, 6) is 0.207. The van der Waals surface area contributed by atoms with E-state index in [0.717, 1.165) is 5.01 Å². The van der Waals surface area contributed by atoms with Gasteiger partial charge < -0.3 is 0 Å². The van der Waals surface area contributed by atoms with Crippen molar-refractivity contribution in [2.75, 3.05) is 4.72 Å². The molecule has 0 spiro atoms. The molecule has 0 aliphatic heterocycles. The Bertz CT molecular complexity index is 726. The third-order valence-corrected chi connectivity index (χ3v) is 5.83. The maximum Gasteiger partial charge on any atom is 0.264 e. The molecule has 2 aromatic rings. The molecule has 0 bridgehead atoms. The van der Waals surface area contributed by atoms with E-state index in [1.807, 2.05) is 13.8 Å². The summed E-state index contributed by atoms with van der Waals surface area (Å²) < 4.78 is 27.1. The van der Waals surface area contributed by atoms with Crippen LogP contribution in [0.25, 0.3) is 0 Å². The monoisotopic (exact) mass is 331 g/mol. The second-order valence-electron chi connectivity index (χ2n) is 4.57. The molecule has 2 rings (SSSR count). The average molecular weight is 332 g/mol. The quantitative estimate of drug-likeness (QED) is 0.931. The smallest absolute Gasteiger partial charge is 0.253 e. The van der Waals surface area contributed by atoms with Crippen molar-refractivity contribution >= 4 is 38.1 Å². The van der Waals surface area contributed by atoms with Crippen molar-refractivity contribution in [3.63, 3.8) is 0 Å². The fourth-order valence-electron chi connectivity index (χ4n) is 1.56. The Kier molecular flexibility index (Phi) is 4.31. The van der Waals surface area contributed by atoms with Crippen LogP contribution in [0, 0.1) is 6.92 Å². The zero-order valence-corrected chi connectivity index (χ0v) is 13.6. The minimum absolute atomic E-state index is 0.145. The molecule has 0 aliphatic carbocycles. The highest BCUT2D eigenvalue weighted by Crippen LogP contribution is 2.27. The number of aromatic nitrogens is 2. The van der Waals surface area contributed by atoms with Gasteiger partial charge in [0.15, 0.2) is 0 Å². The van der Waals surface area contributed by atoms with Gasteiger partial charge in [0.1, 0.15) is 5.01 Å². The van der Waals surface area contributed by atoms with E-state index in [9.17, 15) is 8.42 Å². The zero-order valence-electron chi connectivity index (χ0n) is 11.2. The van der Waals surface area contributed by atoms with Gasteiger partial charge in [-0.3, -0.25) is 4.72 Å². The number of sulfonamides is 1. The number of nitrogens with one attached hydrogen (secondary N) is 1. The van der Waals surface area contributed by atoms with Gasteiger partial charge in [0.05, 0.1) is 4.90 Å². The molecule has 1 N–H and O–H groups in total. The first-order valence-corrected chi connectivity index (χ1v) is 8.60. The van der Waals surface area contributed by atoms with E-state index in [0.29, 0.717) is 10.6 Å². The van der Waals surface area contributed by atoms with Gasteiger partial charge in [-0.05, 0) is 24.6 Å². The van der Waals surface area contributed by atoms with Crippen molar-refractivity contribution in [3.05, 3.63) is 33.8 Å². The molecule has 1 aromatic carbocycles. The number of benzene rings is 1. The van der Waals surface area contributed by atoms with Crippen molar-refractivity contribution < 1.29 is 8.42 Å². The number of rotatable bonds is 4. The molecule has 1 heterocycles. The lowest BCUT2D eigenvalue weighted by Gasteiger charge is -2.08. The molecular formula is C12H14ClN3O2S2. The molecule has 0 unspecified atom stereocenters. The fourth-order valence-corrected chi connectivity index (χ4v) is 4.03. The maximum atomic E-state index is 12.3. The highest BCUT2D eigenvalue weighted by atomic mass is 35.5. The number of nitrogens with zero attached hydrogens (tertiary/aromatic N) is 2. The molecular weight excluding hydrogens is 318 g/mol. The molecule has 8 heteroatoms. The van der Waals surface area contributed by atoms with Gasteiger partial charge in [0.25, 0.3) is 10.0 Å². The van der Waals surface area contributed by atoms with Crippen molar-refractivity contribution in [1.29, 1.82) is 0 Å². The summed E-state index contributed by atoms with van der Waals surface area (Å²) in [6, 6.07) is 4.76. The van der Waals surface area contributed by atoms with E-state index < -0.39 is 10.0 Å². The van der Waals surface area contributed by atoms with Crippen molar-refractivity contribution in [2.24, 2.45) is 0 Å². The Morgan fingerprint density at radius 1 is 1.30 bits per heavy atom. The first kappa shape index (κ1) is 15.2. The van der Waals surface area contributed by atoms with Crippen molar-refractivity contribution in [3.8, 4) is 0 Å². The fraction of sp³-hybridized carbons (Fsp3) is 0.333. The molecule has 0 saturated carbocycles. The van der Waals surface area contributed by atoms with E-state index in [1.54, 1.807) is 19.1 Å². The average Bonchev–Trinajstić information content (AvgIpc) is 2.80. The SMILES string of the molecule is Cc1c(Cl)cccc1S(=O)(=O)Nc1nnc(C(C)C)s1. The van der Waals surface area contributed by atoms with Gasteiger partial charge in [0.2, 0.25) is 5.13 Å². The van der Waals surface area contributed by atoms with Crippen LogP contribution in [-0.2, 0) is 10.0 Å². The van der Waals surface area contributed by atoms with Crippen LogP contribution in [0.5, 0.6) is 0 Å². The Morgan fingerprint density at radius 3 is 2.60 bits per heavy atom. The van der Waals surface area contributed by atoms with E-state index in [1.165, 1.54) is 17.4 Å². The Morgan fingerprint density at radius 2 is 2.00 bits per heavy atom. The molecule has 108 valence electrons. The van der Waals surface area contributed by atoms with Gasteiger partial charge in [-0.15, -0.1) is 10.2 Å². The van der Waals surface area contributed by atoms with Gasteiger partial charge >= 0.3 is 0 Å². The van der Waals surface area contributed by atoms with Gasteiger partial charge in [0, 0.05) is 10.9 Å². The van der Waals surface area contributed by atoms with E-state index in [-0.39, 0.29) is 15.9 Å². The summed E-state index contributed by atoms with van der Waals surface area (Å²) in [6.07, 6.45) is 0. The minimum Gasteiger partial charge on any atom is -0.253 e. The first-order chi connectivity index (χ1) is 9.31. The highest BCUT2D eigenvalue weighted by Gasteiger charge is 2.20. The number of hydrogen-bond donors (Lipinski definition) is 1. The van der Waals surface area contributed by atoms with Crippen LogP contribution in [-0.4, -0.2) is 18.6 Å². The third-order valence-electron chi connectivity index (χ3n) is 2.66. The molecule has 0 radical (unpaired) electrons. The normalized spacial score (nSPS) is 11.8. The van der Waals surface area contributed by atoms with Gasteiger partial charge in [-0.2, -0.15) is 0 Å². The molecule has 20 heavy (non-hydrogen) atoms. The standard InChI is InChI=1S/C12H14ClN3O2S2/c1-7(2)11-14-15-12(19-11)16-20(17,18)10-6-4-5-9(13)8(10)3/h4-7H,1-3H3,(H,15,16). The molecule has 0 amide bonds. The molecule has 0 atom stereocenters. The van der Waals surface area contributed by atoms with E-state index in [2.05, 4.69) is 14.9 Å². The Balaban J connectivity index is 2.33. The van der Waals surface area contributed by atoms with Crippen LogP contribution < -0.4 is 4.72 Å². The van der Waals surface area contributed by atoms with Crippen LogP contribution in [0.3, 0.4) is 0 Å². The molecule has 0 aliphatic rings. The van der Waals surface area contributed by atoms with E-state index >= 15 is 0 Å². The summed E-state index contributed by atoms with van der Waals surface area (Å²) >= 11 is 7.18. The van der Waals surface area contributed by atoms with Crippen LogP contribution in [0.1, 0.15) is 30.3 Å². The number of anilines is 1. The predicted octanol–water partition coefficient (Wildman–Crippen LogP) is 3.42. The molecule has 0 saturated heterocycles.